The Hall–Kier alpha value is -1.88. The van der Waals surface area contributed by atoms with E-state index >= 15 is 0 Å². The maximum absolute atomic E-state index is 11.4. The van der Waals surface area contributed by atoms with Gasteiger partial charge in [-0.05, 0) is 11.4 Å². The van der Waals surface area contributed by atoms with Crippen molar-refractivity contribution in [2.45, 2.75) is 4.90 Å². The zero-order valence-corrected chi connectivity index (χ0v) is 10.4. The van der Waals surface area contributed by atoms with Gasteiger partial charge < -0.3 is 10.2 Å². The average Bonchev–Trinajstić information content (AvgIpc) is 2.91. The van der Waals surface area contributed by atoms with Crippen molar-refractivity contribution in [3.05, 3.63) is 33.5 Å². The lowest BCUT2D eigenvalue weighted by Gasteiger charge is -2.03. The molecule has 1 aliphatic rings. The molecule has 0 saturated heterocycles. The third-order valence-electron chi connectivity index (χ3n) is 2.69. The Morgan fingerprint density at radius 1 is 1.17 bits per heavy atom. The van der Waals surface area contributed by atoms with Crippen LogP contribution < -0.4 is 0 Å². The van der Waals surface area contributed by atoms with E-state index in [9.17, 15) is 19.8 Å². The van der Waals surface area contributed by atoms with Crippen LogP contribution in [0.5, 0.6) is 0 Å². The van der Waals surface area contributed by atoms with E-state index in [2.05, 4.69) is 5.41 Å². The number of carboxylic acids is 2. The Balaban J connectivity index is 2.54. The summed E-state index contributed by atoms with van der Waals surface area (Å²) in [6.07, 6.45) is 1.54. The first-order valence-corrected chi connectivity index (χ1v) is 6.60. The molecule has 0 amide bonds. The second-order valence-electron chi connectivity index (χ2n) is 3.63. The number of hydrogen-bond acceptors (Lipinski definition) is 4. The summed E-state index contributed by atoms with van der Waals surface area (Å²) >= 11 is 2.37. The Labute approximate surface area is 110 Å². The molecule has 0 fully saturated rings. The van der Waals surface area contributed by atoms with Gasteiger partial charge in [-0.3, -0.25) is 0 Å². The molecule has 2 aromatic rings. The molecule has 1 aromatic carbocycles. The van der Waals surface area contributed by atoms with Crippen molar-refractivity contribution in [1.82, 2.24) is 0 Å². The molecule has 0 radical (unpaired) electrons. The third-order valence-corrected chi connectivity index (χ3v) is 4.49. The smallest absolute Gasteiger partial charge is 0.358 e. The highest BCUT2D eigenvalue weighted by Gasteiger charge is 2.35. The van der Waals surface area contributed by atoms with Gasteiger partial charge in [-0.1, -0.05) is 0 Å². The average molecular weight is 277 g/mol. The van der Waals surface area contributed by atoms with Crippen molar-refractivity contribution in [3.8, 4) is 0 Å². The lowest BCUT2D eigenvalue weighted by Crippen LogP contribution is -2.06. The maximum atomic E-state index is 11.4. The van der Waals surface area contributed by atoms with Gasteiger partial charge in [-0.15, -0.1) is 11.3 Å². The SMILES string of the molecule is O=C(O)c1c2c(c(C(=O)O)c3sccc13)C=[C+]S2. The second kappa shape index (κ2) is 3.81. The number of rotatable bonds is 2. The Morgan fingerprint density at radius 2 is 1.89 bits per heavy atom. The first kappa shape index (κ1) is 11.2. The largest absolute Gasteiger partial charge is 0.478 e. The van der Waals surface area contributed by atoms with Crippen LogP contribution in [0.1, 0.15) is 26.3 Å². The number of benzene rings is 1. The molecule has 3 rings (SSSR count). The van der Waals surface area contributed by atoms with Crippen molar-refractivity contribution in [3.63, 3.8) is 0 Å². The highest BCUT2D eigenvalue weighted by atomic mass is 32.2. The summed E-state index contributed by atoms with van der Waals surface area (Å²) in [5, 5.41) is 23.6. The van der Waals surface area contributed by atoms with Crippen LogP contribution in [0.3, 0.4) is 0 Å². The van der Waals surface area contributed by atoms with E-state index in [0.717, 1.165) is 11.8 Å². The van der Waals surface area contributed by atoms with E-state index in [4.69, 9.17) is 0 Å². The normalized spacial score (nSPS) is 12.4. The number of thiophene rings is 1. The molecule has 0 spiro atoms. The number of carboxylic acid groups (broad SMARTS) is 2. The fourth-order valence-corrected chi connectivity index (χ4v) is 3.83. The molecule has 88 valence electrons. The van der Waals surface area contributed by atoms with Crippen molar-refractivity contribution in [1.29, 1.82) is 0 Å². The number of thioether (sulfide) groups is 1. The van der Waals surface area contributed by atoms with Crippen LogP contribution >= 0.6 is 23.1 Å². The van der Waals surface area contributed by atoms with Crippen LogP contribution in [0.25, 0.3) is 16.2 Å². The van der Waals surface area contributed by atoms with E-state index < -0.39 is 11.9 Å². The fourth-order valence-electron chi connectivity index (χ4n) is 2.01. The lowest BCUT2D eigenvalue weighted by molar-refractivity contribution is 0.0681. The molecule has 2 N–H and O–H groups in total. The number of carbonyl (C=O) groups is 2. The first-order chi connectivity index (χ1) is 8.61. The van der Waals surface area contributed by atoms with Gasteiger partial charge in [0.2, 0.25) is 0 Å². The number of fused-ring (bicyclic) bond motifs is 2. The Kier molecular flexibility index (Phi) is 2.38. The summed E-state index contributed by atoms with van der Waals surface area (Å²) in [4.78, 5) is 23.2. The third kappa shape index (κ3) is 1.37. The van der Waals surface area contributed by atoms with Crippen molar-refractivity contribution >= 4 is 51.2 Å². The highest BCUT2D eigenvalue weighted by molar-refractivity contribution is 8.01. The quantitative estimate of drug-likeness (QED) is 0.825. The first-order valence-electron chi connectivity index (χ1n) is 4.90. The molecule has 18 heavy (non-hydrogen) atoms. The van der Waals surface area contributed by atoms with E-state index in [0.29, 0.717) is 20.5 Å². The van der Waals surface area contributed by atoms with E-state index in [1.807, 2.05) is 0 Å². The van der Waals surface area contributed by atoms with Gasteiger partial charge in [0.1, 0.15) is 21.4 Å². The molecule has 0 saturated carbocycles. The number of aromatic carboxylic acids is 2. The maximum Gasteiger partial charge on any atom is 0.358 e. The van der Waals surface area contributed by atoms with Crippen LogP contribution in [0, 0.1) is 5.41 Å². The van der Waals surface area contributed by atoms with Crippen LogP contribution in [-0.4, -0.2) is 22.2 Å². The predicted molar refractivity (Wildman–Crippen MR) is 69.3 cm³/mol. The summed E-state index contributed by atoms with van der Waals surface area (Å²) < 4.78 is 0.499. The zero-order valence-electron chi connectivity index (χ0n) is 8.76. The molecule has 1 aliphatic heterocycles. The minimum Gasteiger partial charge on any atom is -0.478 e. The van der Waals surface area contributed by atoms with Gasteiger partial charge in [-0.25, -0.2) is 9.59 Å². The van der Waals surface area contributed by atoms with Crippen molar-refractivity contribution in [2.75, 3.05) is 0 Å². The molecule has 6 heteroatoms. The molecule has 2 heterocycles. The Bertz CT molecular complexity index is 727. The second-order valence-corrected chi connectivity index (χ2v) is 5.39. The fraction of sp³-hybridized carbons (Fsp3) is 0. The molecule has 0 aliphatic carbocycles. The summed E-state index contributed by atoms with van der Waals surface area (Å²) in [6, 6.07) is 1.65. The van der Waals surface area contributed by atoms with Gasteiger partial charge in [0.25, 0.3) is 0 Å². The molecule has 0 bridgehead atoms. The van der Waals surface area contributed by atoms with Gasteiger partial charge in [0.05, 0.1) is 16.5 Å². The summed E-state index contributed by atoms with van der Waals surface area (Å²) in [5.41, 5.74) is 0.773. The minimum atomic E-state index is -1.05. The predicted octanol–water partition coefficient (Wildman–Crippen LogP) is 3.18. The molecule has 1 aromatic heterocycles. The van der Waals surface area contributed by atoms with Gasteiger partial charge >= 0.3 is 11.9 Å². The summed E-state index contributed by atoms with van der Waals surface area (Å²) in [6.45, 7) is 0. The van der Waals surface area contributed by atoms with Gasteiger partial charge in [-0.2, -0.15) is 0 Å². The summed E-state index contributed by atoms with van der Waals surface area (Å²) in [5.74, 6) is -2.09. The van der Waals surface area contributed by atoms with E-state index in [1.165, 1.54) is 17.4 Å². The molecule has 0 atom stereocenters. The van der Waals surface area contributed by atoms with E-state index in [-0.39, 0.29) is 11.1 Å². The minimum absolute atomic E-state index is 0.164. The topological polar surface area (TPSA) is 74.6 Å². The standard InChI is InChI=1S/C12H4O4S2/c13-11(14)7-5-1-3-17-9(5)8(12(15)16)6-2-4-18-10(6)7/h1-3H,(H-,13,14,15,16)/p+1. The molecular formula is C12H5O4S2+. The molecule has 4 nitrogen and oxygen atoms in total. The van der Waals surface area contributed by atoms with Crippen LogP contribution in [-0.2, 0) is 0 Å². The van der Waals surface area contributed by atoms with Crippen LogP contribution in [0.2, 0.25) is 0 Å². The monoisotopic (exact) mass is 277 g/mol. The zero-order chi connectivity index (χ0) is 12.9. The van der Waals surface area contributed by atoms with Crippen molar-refractivity contribution in [2.24, 2.45) is 0 Å². The van der Waals surface area contributed by atoms with Crippen molar-refractivity contribution < 1.29 is 19.8 Å². The van der Waals surface area contributed by atoms with Gasteiger partial charge in [0, 0.05) is 5.39 Å². The van der Waals surface area contributed by atoms with E-state index in [1.54, 1.807) is 11.4 Å². The Morgan fingerprint density at radius 3 is 2.56 bits per heavy atom. The van der Waals surface area contributed by atoms with Crippen LogP contribution in [0.4, 0.5) is 0 Å². The van der Waals surface area contributed by atoms with Crippen LogP contribution in [0.15, 0.2) is 16.3 Å². The molecular weight excluding hydrogens is 272 g/mol. The highest BCUT2D eigenvalue weighted by Crippen LogP contribution is 2.43. The molecule has 0 unspecified atom stereocenters. The summed E-state index contributed by atoms with van der Waals surface area (Å²) in [7, 11) is 0. The number of hydrogen-bond donors (Lipinski definition) is 2. The lowest BCUT2D eigenvalue weighted by atomic mass is 10.00. The van der Waals surface area contributed by atoms with Gasteiger partial charge in [0.15, 0.2) is 11.6 Å².